The molecule has 40 heavy (non-hydrogen) atoms. The summed E-state index contributed by atoms with van der Waals surface area (Å²) in [4.78, 5) is 42.1. The third-order valence-electron chi connectivity index (χ3n) is 6.90. The zero-order valence-electron chi connectivity index (χ0n) is 23.5. The lowest BCUT2D eigenvalue weighted by atomic mass is 9.86. The number of urea groups is 1. The number of carbonyl (C=O) groups is 3. The molecular formula is C32H38N4O4. The Kier molecular flexibility index (Phi) is 9.09. The minimum atomic E-state index is -0.841. The van der Waals surface area contributed by atoms with Crippen molar-refractivity contribution in [2.24, 2.45) is 0 Å². The van der Waals surface area contributed by atoms with Crippen molar-refractivity contribution in [1.82, 2.24) is 15.5 Å². The molecule has 3 aromatic rings. The van der Waals surface area contributed by atoms with Gasteiger partial charge in [-0.25, -0.2) is 4.79 Å². The third kappa shape index (κ3) is 7.62. The van der Waals surface area contributed by atoms with Gasteiger partial charge in [0.25, 0.3) is 0 Å². The van der Waals surface area contributed by atoms with E-state index in [0.29, 0.717) is 24.3 Å². The molecular weight excluding hydrogens is 504 g/mol. The summed E-state index contributed by atoms with van der Waals surface area (Å²) < 4.78 is 5.25. The smallest absolute Gasteiger partial charge is 0.319 e. The number of rotatable bonds is 7. The van der Waals surface area contributed by atoms with Crippen molar-refractivity contribution < 1.29 is 19.1 Å². The maximum absolute atomic E-state index is 14.2. The predicted molar refractivity (Wildman–Crippen MR) is 156 cm³/mol. The summed E-state index contributed by atoms with van der Waals surface area (Å²) in [6, 6.07) is 25.1. The summed E-state index contributed by atoms with van der Waals surface area (Å²) in [5.41, 5.74) is 2.12. The fourth-order valence-electron chi connectivity index (χ4n) is 5.17. The number of likely N-dealkylation sites (tertiary alicyclic amines) is 1. The Hall–Kier alpha value is -4.33. The van der Waals surface area contributed by atoms with E-state index < -0.39 is 17.6 Å². The van der Waals surface area contributed by atoms with Crippen LogP contribution < -0.4 is 20.7 Å². The van der Waals surface area contributed by atoms with E-state index in [0.717, 1.165) is 11.1 Å². The predicted octanol–water partition coefficient (Wildman–Crippen LogP) is 5.25. The molecule has 3 unspecified atom stereocenters. The minimum absolute atomic E-state index is 0.0341. The first-order valence-corrected chi connectivity index (χ1v) is 13.6. The van der Waals surface area contributed by atoms with Gasteiger partial charge in [-0.1, -0.05) is 66.7 Å². The fourth-order valence-corrected chi connectivity index (χ4v) is 5.17. The first-order chi connectivity index (χ1) is 19.1. The van der Waals surface area contributed by atoms with Crippen LogP contribution >= 0.6 is 0 Å². The number of anilines is 1. The first kappa shape index (κ1) is 28.7. The van der Waals surface area contributed by atoms with E-state index in [1.54, 1.807) is 36.3 Å². The van der Waals surface area contributed by atoms with Crippen molar-refractivity contribution >= 4 is 23.5 Å². The molecule has 1 saturated heterocycles. The van der Waals surface area contributed by atoms with Gasteiger partial charge in [0.15, 0.2) is 0 Å². The van der Waals surface area contributed by atoms with Gasteiger partial charge >= 0.3 is 6.03 Å². The monoisotopic (exact) mass is 542 g/mol. The normalized spacial score (nSPS) is 19.4. The number of nitrogens with zero attached hydrogens (tertiary/aromatic N) is 1. The Morgan fingerprint density at radius 2 is 1.55 bits per heavy atom. The van der Waals surface area contributed by atoms with Gasteiger partial charge in [-0.05, 0) is 62.8 Å². The van der Waals surface area contributed by atoms with Gasteiger partial charge in [0.05, 0.1) is 13.2 Å². The first-order valence-electron chi connectivity index (χ1n) is 13.6. The van der Waals surface area contributed by atoms with Crippen LogP contribution in [0.25, 0.3) is 0 Å². The minimum Gasteiger partial charge on any atom is -0.497 e. The molecule has 1 aliphatic heterocycles. The Morgan fingerprint density at radius 3 is 2.17 bits per heavy atom. The van der Waals surface area contributed by atoms with Crippen LogP contribution in [-0.2, 0) is 9.59 Å². The van der Waals surface area contributed by atoms with E-state index in [4.69, 9.17) is 4.74 Å². The molecule has 8 heteroatoms. The zero-order valence-corrected chi connectivity index (χ0v) is 23.5. The number of methoxy groups -OCH3 is 1. The number of carbonyl (C=O) groups excluding carboxylic acids is 3. The lowest BCUT2D eigenvalue weighted by Gasteiger charge is -2.33. The van der Waals surface area contributed by atoms with Gasteiger partial charge < -0.3 is 25.6 Å². The molecule has 1 fully saturated rings. The second-order valence-electron chi connectivity index (χ2n) is 11.2. The summed E-state index contributed by atoms with van der Waals surface area (Å²) in [6.07, 6.45) is 1.01. The molecule has 0 saturated carbocycles. The number of ether oxygens (including phenoxy) is 1. The van der Waals surface area contributed by atoms with Crippen LogP contribution in [0.4, 0.5) is 10.5 Å². The second kappa shape index (κ2) is 12.7. The molecule has 1 aliphatic rings. The topological polar surface area (TPSA) is 99.8 Å². The highest BCUT2D eigenvalue weighted by Gasteiger charge is 2.40. The number of amides is 4. The summed E-state index contributed by atoms with van der Waals surface area (Å²) in [7, 11) is 1.56. The van der Waals surface area contributed by atoms with E-state index in [1.165, 1.54) is 0 Å². The maximum Gasteiger partial charge on any atom is 0.319 e. The number of hydrogen-bond acceptors (Lipinski definition) is 4. The van der Waals surface area contributed by atoms with Gasteiger partial charge in [-0.3, -0.25) is 9.59 Å². The van der Waals surface area contributed by atoms with E-state index in [-0.39, 0.29) is 30.3 Å². The molecule has 4 amide bonds. The van der Waals surface area contributed by atoms with Crippen LogP contribution in [0.15, 0.2) is 84.9 Å². The molecule has 0 aromatic heterocycles. The lowest BCUT2D eigenvalue weighted by molar-refractivity contribution is -0.139. The third-order valence-corrected chi connectivity index (χ3v) is 6.90. The van der Waals surface area contributed by atoms with Crippen molar-refractivity contribution in [3.8, 4) is 5.75 Å². The Labute approximate surface area is 236 Å². The Balaban J connectivity index is 1.67. The number of hydrogen-bond donors (Lipinski definition) is 3. The van der Waals surface area contributed by atoms with E-state index in [1.807, 2.05) is 81.4 Å². The molecule has 4 rings (SSSR count). The fraction of sp³-hybridized carbons (Fsp3) is 0.344. The van der Waals surface area contributed by atoms with Gasteiger partial charge in [-0.2, -0.15) is 0 Å². The molecule has 3 N–H and O–H groups in total. The molecule has 210 valence electrons. The molecule has 8 nitrogen and oxygen atoms in total. The van der Waals surface area contributed by atoms with Crippen LogP contribution in [0.2, 0.25) is 0 Å². The molecule has 0 bridgehead atoms. The van der Waals surface area contributed by atoms with Crippen molar-refractivity contribution in [2.75, 3.05) is 19.0 Å². The molecule has 3 aromatic carbocycles. The van der Waals surface area contributed by atoms with Crippen LogP contribution in [0.5, 0.6) is 5.75 Å². The molecule has 3 atom stereocenters. The molecule has 0 aliphatic carbocycles. The highest BCUT2D eigenvalue weighted by Crippen LogP contribution is 2.39. The summed E-state index contributed by atoms with van der Waals surface area (Å²) >= 11 is 0. The lowest BCUT2D eigenvalue weighted by Crippen LogP contribution is -2.53. The van der Waals surface area contributed by atoms with Crippen LogP contribution in [0.3, 0.4) is 0 Å². The highest BCUT2D eigenvalue weighted by atomic mass is 16.5. The Bertz CT molecular complexity index is 1310. The van der Waals surface area contributed by atoms with Crippen molar-refractivity contribution in [3.63, 3.8) is 0 Å². The van der Waals surface area contributed by atoms with Gasteiger partial charge in [0, 0.05) is 17.3 Å². The van der Waals surface area contributed by atoms with E-state index >= 15 is 0 Å². The van der Waals surface area contributed by atoms with Crippen molar-refractivity contribution in [1.29, 1.82) is 0 Å². The Morgan fingerprint density at radius 1 is 0.900 bits per heavy atom. The quantitative estimate of drug-likeness (QED) is 0.380. The summed E-state index contributed by atoms with van der Waals surface area (Å²) in [5, 5.41) is 8.69. The second-order valence-corrected chi connectivity index (χ2v) is 11.2. The van der Waals surface area contributed by atoms with Crippen LogP contribution in [-0.4, -0.2) is 48.0 Å². The largest absolute Gasteiger partial charge is 0.497 e. The average Bonchev–Trinajstić information content (AvgIpc) is 3.05. The molecule has 0 spiro atoms. The zero-order chi connectivity index (χ0) is 28.7. The van der Waals surface area contributed by atoms with Crippen molar-refractivity contribution in [2.45, 2.75) is 57.2 Å². The molecule has 0 radical (unpaired) electrons. The van der Waals surface area contributed by atoms with Gasteiger partial charge in [0.1, 0.15) is 18.3 Å². The van der Waals surface area contributed by atoms with Crippen LogP contribution in [0.1, 0.15) is 56.7 Å². The highest BCUT2D eigenvalue weighted by molar-refractivity contribution is 5.95. The summed E-state index contributed by atoms with van der Waals surface area (Å²) in [5.74, 6) is 0.0269. The number of nitrogens with one attached hydrogen (secondary N) is 3. The van der Waals surface area contributed by atoms with E-state index in [2.05, 4.69) is 16.0 Å². The molecule has 1 heterocycles. The van der Waals surface area contributed by atoms with Crippen molar-refractivity contribution in [3.05, 3.63) is 96.1 Å². The van der Waals surface area contributed by atoms with E-state index in [9.17, 15) is 14.4 Å². The average molecular weight is 543 g/mol. The maximum atomic E-state index is 14.2. The summed E-state index contributed by atoms with van der Waals surface area (Å²) in [6.45, 7) is 5.60. The standard InChI is InChI=1S/C32H38N4O4/c1-32(2,3)35-29(37)21-36-28(23-14-9-6-10-15-23)19-24(22-12-7-5-8-13-22)18-27(30(36)38)34-31(39)33-25-16-11-17-26(20-25)40-4/h5-17,20,24,27-28H,18-19,21H2,1-4H3,(H,35,37)(H2,33,34,39). The number of benzene rings is 3. The SMILES string of the molecule is COc1cccc(NC(=O)NC2CC(c3ccccc3)CC(c3ccccc3)N(CC(=O)NC(C)(C)C)C2=O)c1. The van der Waals surface area contributed by atoms with Crippen LogP contribution in [0, 0.1) is 0 Å². The van der Waals surface area contributed by atoms with Gasteiger partial charge in [-0.15, -0.1) is 0 Å². The van der Waals surface area contributed by atoms with Gasteiger partial charge in [0.2, 0.25) is 11.8 Å².